The molecule has 0 fully saturated rings. The van der Waals surface area contributed by atoms with Gasteiger partial charge in [-0.25, -0.2) is 14.4 Å². The van der Waals surface area contributed by atoms with Crippen LogP contribution in [0, 0.1) is 0 Å². The van der Waals surface area contributed by atoms with Crippen molar-refractivity contribution >= 4 is 53.7 Å². The third-order valence-electron chi connectivity index (χ3n) is 6.40. The predicted octanol–water partition coefficient (Wildman–Crippen LogP) is 1.25. The van der Waals surface area contributed by atoms with Gasteiger partial charge in [0.2, 0.25) is 0 Å². The van der Waals surface area contributed by atoms with Crippen LogP contribution in [0.5, 0.6) is 0 Å². The molecule has 0 aromatic rings. The summed E-state index contributed by atoms with van der Waals surface area (Å²) in [4.78, 5) is 108. The fourth-order valence-corrected chi connectivity index (χ4v) is 3.49. The van der Waals surface area contributed by atoms with Gasteiger partial charge in [0.15, 0.2) is 0 Å². The third-order valence-corrected chi connectivity index (χ3v) is 6.40. The normalized spacial score (nSPS) is 10.3. The fraction of sp³-hybridized carbons (Fsp3) is 0.583. The Morgan fingerprint density at radius 2 is 0.509 bits per heavy atom. The van der Waals surface area contributed by atoms with E-state index < -0.39 is 53.7 Å². The molecule has 0 aromatic carbocycles. The van der Waals surface area contributed by atoms with E-state index in [9.17, 15) is 43.2 Å². The van der Waals surface area contributed by atoms with E-state index in [-0.39, 0.29) is 134 Å². The highest BCUT2D eigenvalue weighted by atomic mass is 16.6. The maximum absolute atomic E-state index is 12.2. The highest BCUT2D eigenvalue weighted by molar-refractivity contribution is 5.87. The van der Waals surface area contributed by atoms with Crippen molar-refractivity contribution in [3.63, 3.8) is 0 Å². The smallest absolute Gasteiger partial charge is 0.333 e. The van der Waals surface area contributed by atoms with Crippen LogP contribution >= 0.6 is 0 Å². The Labute approximate surface area is 319 Å². The molecule has 0 unspecified atom stereocenters. The predicted molar refractivity (Wildman–Crippen MR) is 187 cm³/mol. The lowest BCUT2D eigenvalue weighted by Crippen LogP contribution is -2.35. The van der Waals surface area contributed by atoms with Crippen LogP contribution in [0.1, 0.15) is 59.3 Å². The molecule has 0 aliphatic heterocycles. The van der Waals surface area contributed by atoms with Gasteiger partial charge in [0.1, 0.15) is 59.5 Å². The maximum Gasteiger partial charge on any atom is 0.333 e. The van der Waals surface area contributed by atoms with Gasteiger partial charge >= 0.3 is 53.7 Å². The average molecular weight is 786 g/mol. The molecule has 0 radical (unpaired) electrons. The number of carbonyl (C=O) groups excluding carboxylic acids is 9. The van der Waals surface area contributed by atoms with Gasteiger partial charge in [-0.15, -0.1) is 0 Å². The number of ether oxygens (including phenoxy) is 9. The first-order valence-electron chi connectivity index (χ1n) is 17.2. The van der Waals surface area contributed by atoms with E-state index in [0.717, 1.165) is 0 Å². The van der Waals surface area contributed by atoms with Crippen LogP contribution in [-0.2, 0) is 85.8 Å². The van der Waals surface area contributed by atoms with Crippen molar-refractivity contribution in [1.82, 2.24) is 4.90 Å². The second-order valence-electron chi connectivity index (χ2n) is 11.4. The summed E-state index contributed by atoms with van der Waals surface area (Å²) < 4.78 is 44.6. The summed E-state index contributed by atoms with van der Waals surface area (Å²) in [5.74, 6) is -6.11. The van der Waals surface area contributed by atoms with E-state index in [1.807, 2.05) is 0 Å². The van der Waals surface area contributed by atoms with Gasteiger partial charge in [0, 0.05) is 36.4 Å². The Hall–Kier alpha value is -5.59. The van der Waals surface area contributed by atoms with Crippen molar-refractivity contribution in [2.24, 2.45) is 0 Å². The maximum atomic E-state index is 12.2. The van der Waals surface area contributed by atoms with Gasteiger partial charge in [-0.2, -0.15) is 0 Å². The van der Waals surface area contributed by atoms with Crippen LogP contribution < -0.4 is 0 Å². The van der Waals surface area contributed by atoms with Gasteiger partial charge < -0.3 is 42.6 Å². The number of nitrogens with zero attached hydrogens (tertiary/aromatic N) is 1. The molecular formula is C36H51NO18. The van der Waals surface area contributed by atoms with Crippen LogP contribution in [0.2, 0.25) is 0 Å². The number of hydrogen-bond donors (Lipinski definition) is 0. The molecule has 19 nitrogen and oxygen atoms in total. The van der Waals surface area contributed by atoms with Gasteiger partial charge in [0.25, 0.3) is 0 Å². The molecule has 0 spiro atoms. The second-order valence-corrected chi connectivity index (χ2v) is 11.4. The Morgan fingerprint density at radius 3 is 0.709 bits per heavy atom. The van der Waals surface area contributed by atoms with Gasteiger partial charge in [0.05, 0.1) is 38.5 Å². The van der Waals surface area contributed by atoms with Crippen LogP contribution in [0.3, 0.4) is 0 Å². The quantitative estimate of drug-likeness (QED) is 0.0431. The van der Waals surface area contributed by atoms with Crippen molar-refractivity contribution in [3.05, 3.63) is 36.5 Å². The van der Waals surface area contributed by atoms with E-state index in [1.54, 1.807) is 4.90 Å². The summed E-state index contributed by atoms with van der Waals surface area (Å²) in [6, 6.07) is 0. The first-order valence-corrected chi connectivity index (χ1v) is 17.2. The molecule has 0 heterocycles. The molecule has 0 aliphatic rings. The molecule has 0 saturated carbocycles. The van der Waals surface area contributed by atoms with E-state index in [2.05, 4.69) is 19.7 Å². The lowest BCUT2D eigenvalue weighted by atomic mass is 10.3. The van der Waals surface area contributed by atoms with E-state index in [0.29, 0.717) is 0 Å². The monoisotopic (exact) mass is 785 g/mol. The first-order chi connectivity index (χ1) is 26.0. The molecular weight excluding hydrogens is 734 g/mol. The molecule has 0 rings (SSSR count). The molecule has 0 atom stereocenters. The largest absolute Gasteiger partial charge is 0.464 e. The van der Waals surface area contributed by atoms with Crippen molar-refractivity contribution in [3.8, 4) is 0 Å². The molecule has 0 aliphatic carbocycles. The number of hydrogen-bond acceptors (Lipinski definition) is 19. The molecule has 308 valence electrons. The zero-order valence-electron chi connectivity index (χ0n) is 31.6. The highest BCUT2D eigenvalue weighted by Crippen LogP contribution is 2.02. The van der Waals surface area contributed by atoms with Crippen LogP contribution in [0.4, 0.5) is 0 Å². The van der Waals surface area contributed by atoms with Crippen molar-refractivity contribution in [2.75, 3.05) is 79.1 Å². The molecule has 0 bridgehead atoms. The van der Waals surface area contributed by atoms with Crippen LogP contribution in [0.25, 0.3) is 0 Å². The highest BCUT2D eigenvalue weighted by Gasteiger charge is 2.15. The van der Waals surface area contributed by atoms with Gasteiger partial charge in [-0.3, -0.25) is 33.7 Å². The van der Waals surface area contributed by atoms with Gasteiger partial charge in [-0.05, 0) is 20.8 Å². The summed E-state index contributed by atoms with van der Waals surface area (Å²) in [6.45, 7) is 13.4. The van der Waals surface area contributed by atoms with E-state index in [1.165, 1.54) is 20.8 Å². The zero-order valence-corrected chi connectivity index (χ0v) is 31.6. The molecule has 19 heteroatoms. The first kappa shape index (κ1) is 49.4. The Balaban J connectivity index is 4.72. The molecule has 0 N–H and O–H groups in total. The summed E-state index contributed by atoms with van der Waals surface area (Å²) in [5, 5.41) is 0. The summed E-state index contributed by atoms with van der Waals surface area (Å²) in [7, 11) is 0. The summed E-state index contributed by atoms with van der Waals surface area (Å²) in [6.07, 6.45) is -1.71. The van der Waals surface area contributed by atoms with Crippen molar-refractivity contribution < 1.29 is 85.8 Å². The topological polar surface area (TPSA) is 240 Å². The van der Waals surface area contributed by atoms with Crippen molar-refractivity contribution in [2.45, 2.75) is 59.3 Å². The number of carbonyl (C=O) groups is 9. The number of rotatable bonds is 30. The fourth-order valence-electron chi connectivity index (χ4n) is 3.49. The summed E-state index contributed by atoms with van der Waals surface area (Å²) >= 11 is 0. The Morgan fingerprint density at radius 1 is 0.327 bits per heavy atom. The minimum Gasteiger partial charge on any atom is -0.464 e. The summed E-state index contributed by atoms with van der Waals surface area (Å²) in [5.41, 5.74) is 0.575. The minimum atomic E-state index is -0.705. The second kappa shape index (κ2) is 29.8. The lowest BCUT2D eigenvalue weighted by molar-refractivity contribution is -0.153. The Bertz CT molecular complexity index is 1210. The zero-order chi connectivity index (χ0) is 41.6. The molecule has 0 amide bonds. The average Bonchev–Trinajstić information content (AvgIpc) is 3.13. The number of esters is 9. The van der Waals surface area contributed by atoms with Crippen molar-refractivity contribution in [1.29, 1.82) is 0 Å². The van der Waals surface area contributed by atoms with Crippen LogP contribution in [-0.4, -0.2) is 138 Å². The molecule has 0 aromatic heterocycles. The third kappa shape index (κ3) is 28.6. The van der Waals surface area contributed by atoms with Crippen LogP contribution in [0.15, 0.2) is 36.5 Å². The SMILES string of the molecule is C=C(C)C(=O)OCCOC(=O)CCC(=O)OCCN(CCOC(=O)CCC(=O)OCCOC(=O)C(=C)C)CCOC(=O)CCC(=O)OCCOC(=O)C(=C)C. The molecule has 0 saturated heterocycles. The van der Waals surface area contributed by atoms with Gasteiger partial charge in [-0.1, -0.05) is 19.7 Å². The Kier molecular flexibility index (Phi) is 26.8. The molecule has 55 heavy (non-hydrogen) atoms. The standard InChI is InChI=1S/C36H51NO18/c1-25(2)34(44)53-22-19-50-31(41)10-7-28(38)47-16-13-37(14-17-48-29(39)8-11-32(42)51-20-23-54-35(45)26(3)4)15-18-49-30(40)9-12-33(43)52-21-24-55-36(46)27(5)6/h1,3,5,7-24H2,2,4,6H3. The van der Waals surface area contributed by atoms with E-state index in [4.69, 9.17) is 42.6 Å². The lowest BCUT2D eigenvalue weighted by Gasteiger charge is -2.22. The minimum absolute atomic E-state index is 0.101. The van der Waals surface area contributed by atoms with E-state index >= 15 is 0 Å².